The third kappa shape index (κ3) is 5.04. The Morgan fingerprint density at radius 2 is 0.925 bits per heavy atom. The molecule has 0 saturated carbocycles. The normalized spacial score (nSPS) is 14.7. The van der Waals surface area contributed by atoms with E-state index >= 15 is 0 Å². The van der Waals surface area contributed by atoms with E-state index in [1.807, 2.05) is 0 Å². The topological polar surface area (TPSA) is 24.5 Å². The summed E-state index contributed by atoms with van der Waals surface area (Å²) in [5.41, 5.74) is 14.8. The van der Waals surface area contributed by atoms with Crippen molar-refractivity contribution in [2.75, 3.05) is 10.2 Å². The highest BCUT2D eigenvalue weighted by atomic mass is 16.5. The van der Waals surface area contributed by atoms with Crippen LogP contribution in [0.4, 0.5) is 22.7 Å². The van der Waals surface area contributed by atoms with E-state index in [-0.39, 0.29) is 6.23 Å². The molecule has 10 rings (SSSR count). The van der Waals surface area contributed by atoms with Crippen LogP contribution >= 0.6 is 0 Å². The average Bonchev–Trinajstić information content (AvgIpc) is 3.81. The van der Waals surface area contributed by atoms with Gasteiger partial charge in [-0.1, -0.05) is 164 Å². The number of hydrogen-bond donors (Lipinski definition) is 1. The molecule has 0 saturated heterocycles. The molecular formula is C50H36N2O. The molecule has 0 amide bonds. The number of fused-ring (bicyclic) bond motifs is 5. The van der Waals surface area contributed by atoms with Crippen molar-refractivity contribution < 1.29 is 4.74 Å². The molecule has 3 nitrogen and oxygen atoms in total. The van der Waals surface area contributed by atoms with E-state index in [1.165, 1.54) is 33.4 Å². The second-order valence-corrected chi connectivity index (χ2v) is 13.7. The van der Waals surface area contributed by atoms with Gasteiger partial charge in [0.15, 0.2) is 6.23 Å². The van der Waals surface area contributed by atoms with E-state index in [0.29, 0.717) is 0 Å². The highest BCUT2D eigenvalue weighted by molar-refractivity contribution is 5.93. The second-order valence-electron chi connectivity index (χ2n) is 13.7. The van der Waals surface area contributed by atoms with Gasteiger partial charge in [-0.25, -0.2) is 0 Å². The number of nitrogens with one attached hydrogen (secondary N) is 1. The zero-order valence-corrected chi connectivity index (χ0v) is 29.1. The van der Waals surface area contributed by atoms with Gasteiger partial charge in [0, 0.05) is 28.2 Å². The molecule has 2 aliphatic rings. The quantitative estimate of drug-likeness (QED) is 0.181. The molecule has 0 fully saturated rings. The third-order valence-corrected chi connectivity index (χ3v) is 10.8. The molecule has 53 heavy (non-hydrogen) atoms. The van der Waals surface area contributed by atoms with Crippen LogP contribution in [-0.4, -0.2) is 0 Å². The van der Waals surface area contributed by atoms with E-state index < -0.39 is 5.41 Å². The van der Waals surface area contributed by atoms with Crippen molar-refractivity contribution in [2.24, 2.45) is 0 Å². The first-order chi connectivity index (χ1) is 26.3. The van der Waals surface area contributed by atoms with Gasteiger partial charge in [-0.05, 0) is 81.4 Å². The molecular weight excluding hydrogens is 645 g/mol. The fourth-order valence-corrected chi connectivity index (χ4v) is 8.45. The lowest BCUT2D eigenvalue weighted by atomic mass is 9.67. The smallest absolute Gasteiger partial charge is 0.196 e. The molecule has 0 spiro atoms. The van der Waals surface area contributed by atoms with Crippen molar-refractivity contribution in [3.05, 3.63) is 234 Å². The van der Waals surface area contributed by atoms with Crippen molar-refractivity contribution in [3.8, 4) is 28.0 Å². The number of rotatable bonds is 7. The summed E-state index contributed by atoms with van der Waals surface area (Å²) < 4.78 is 6.74. The molecule has 0 bridgehead atoms. The van der Waals surface area contributed by atoms with Crippen molar-refractivity contribution in [1.82, 2.24) is 0 Å². The van der Waals surface area contributed by atoms with Crippen LogP contribution in [0.1, 0.15) is 34.0 Å². The first-order valence-electron chi connectivity index (χ1n) is 18.2. The average molecular weight is 681 g/mol. The SMILES string of the molecule is c1ccc(N(c2ccccc2)c2ccc(-c3ccc(C4Nc5c(ccc6c5C(c5ccccc5)(c5ccccc5)c5ccccc5-6)O4)cc3)cc2)cc1. The molecule has 1 aliphatic carbocycles. The van der Waals surface area contributed by atoms with Gasteiger partial charge in [0.1, 0.15) is 5.75 Å². The summed E-state index contributed by atoms with van der Waals surface area (Å²) in [6.07, 6.45) is -0.314. The number of hydrogen-bond acceptors (Lipinski definition) is 3. The highest BCUT2D eigenvalue weighted by Crippen LogP contribution is 2.61. The molecule has 3 heteroatoms. The van der Waals surface area contributed by atoms with E-state index in [4.69, 9.17) is 4.74 Å². The number of anilines is 4. The minimum absolute atomic E-state index is 0.314. The maximum Gasteiger partial charge on any atom is 0.196 e. The zero-order chi connectivity index (χ0) is 35.2. The number of ether oxygens (including phenoxy) is 1. The summed E-state index contributed by atoms with van der Waals surface area (Å²) >= 11 is 0. The standard InChI is InChI=1S/C50H36N2O/c1-5-15-38(16-6-1)50(39-17-7-2-8-18-39)45-24-14-13-23-43(45)44-33-34-46-48(47(44)50)51-49(53-46)37-27-25-35(26-28-37)36-29-31-42(32-30-36)52(40-19-9-3-10-20-40)41-21-11-4-12-22-41/h1-34,49,51H. The Balaban J connectivity index is 0.986. The van der Waals surface area contributed by atoms with Crippen LogP contribution in [0, 0.1) is 0 Å². The summed E-state index contributed by atoms with van der Waals surface area (Å²) in [5.74, 6) is 0.874. The summed E-state index contributed by atoms with van der Waals surface area (Å²) in [7, 11) is 0. The Hall–Kier alpha value is -6.84. The first kappa shape index (κ1) is 30.9. The molecule has 0 aromatic heterocycles. The molecule has 1 heterocycles. The Morgan fingerprint density at radius 1 is 0.434 bits per heavy atom. The lowest BCUT2D eigenvalue weighted by Crippen LogP contribution is -2.29. The van der Waals surface area contributed by atoms with E-state index in [0.717, 1.165) is 45.2 Å². The minimum atomic E-state index is -0.502. The predicted molar refractivity (Wildman–Crippen MR) is 217 cm³/mol. The Labute approximate surface area is 310 Å². The van der Waals surface area contributed by atoms with Crippen LogP contribution in [0.2, 0.25) is 0 Å². The fourth-order valence-electron chi connectivity index (χ4n) is 8.45. The lowest BCUT2D eigenvalue weighted by Gasteiger charge is -2.34. The monoisotopic (exact) mass is 680 g/mol. The molecule has 1 unspecified atom stereocenters. The van der Waals surface area contributed by atoms with Crippen LogP contribution in [0.15, 0.2) is 206 Å². The van der Waals surface area contributed by atoms with Crippen LogP contribution in [-0.2, 0) is 5.41 Å². The first-order valence-corrected chi connectivity index (χ1v) is 18.2. The van der Waals surface area contributed by atoms with E-state index in [2.05, 4.69) is 216 Å². The summed E-state index contributed by atoms with van der Waals surface area (Å²) in [6, 6.07) is 73.7. The second kappa shape index (κ2) is 12.7. The molecule has 1 aliphatic heterocycles. The van der Waals surface area contributed by atoms with Crippen LogP contribution in [0.25, 0.3) is 22.3 Å². The van der Waals surface area contributed by atoms with Gasteiger partial charge < -0.3 is 15.0 Å². The third-order valence-electron chi connectivity index (χ3n) is 10.8. The summed E-state index contributed by atoms with van der Waals surface area (Å²) in [5, 5.41) is 3.86. The minimum Gasteiger partial charge on any atom is -0.464 e. The van der Waals surface area contributed by atoms with Crippen molar-refractivity contribution in [3.63, 3.8) is 0 Å². The Kier molecular flexibility index (Phi) is 7.43. The van der Waals surface area contributed by atoms with Crippen molar-refractivity contribution in [2.45, 2.75) is 11.6 Å². The van der Waals surface area contributed by atoms with Gasteiger partial charge >= 0.3 is 0 Å². The van der Waals surface area contributed by atoms with Gasteiger partial charge in [-0.2, -0.15) is 0 Å². The maximum atomic E-state index is 6.74. The van der Waals surface area contributed by atoms with E-state index in [9.17, 15) is 0 Å². The number of nitrogens with zero attached hydrogens (tertiary/aromatic N) is 1. The van der Waals surface area contributed by atoms with Crippen molar-refractivity contribution in [1.29, 1.82) is 0 Å². The molecule has 8 aromatic carbocycles. The maximum absolute atomic E-state index is 6.74. The lowest BCUT2D eigenvalue weighted by molar-refractivity contribution is 0.260. The van der Waals surface area contributed by atoms with Gasteiger partial charge in [-0.15, -0.1) is 0 Å². The van der Waals surface area contributed by atoms with Gasteiger partial charge in [0.25, 0.3) is 0 Å². The van der Waals surface area contributed by atoms with Gasteiger partial charge in [0.2, 0.25) is 0 Å². The number of para-hydroxylation sites is 2. The molecule has 1 atom stereocenters. The van der Waals surface area contributed by atoms with Crippen LogP contribution < -0.4 is 15.0 Å². The Bertz CT molecular complexity index is 2450. The van der Waals surface area contributed by atoms with Gasteiger partial charge in [-0.3, -0.25) is 0 Å². The number of benzene rings is 8. The highest BCUT2D eigenvalue weighted by Gasteiger charge is 2.49. The summed E-state index contributed by atoms with van der Waals surface area (Å²) in [6.45, 7) is 0. The van der Waals surface area contributed by atoms with E-state index in [1.54, 1.807) is 0 Å². The largest absolute Gasteiger partial charge is 0.464 e. The van der Waals surface area contributed by atoms with Crippen LogP contribution in [0.5, 0.6) is 5.75 Å². The van der Waals surface area contributed by atoms with Crippen LogP contribution in [0.3, 0.4) is 0 Å². The molecule has 0 radical (unpaired) electrons. The molecule has 1 N–H and O–H groups in total. The van der Waals surface area contributed by atoms with Crippen molar-refractivity contribution >= 4 is 22.7 Å². The zero-order valence-electron chi connectivity index (χ0n) is 29.1. The fraction of sp³-hybridized carbons (Fsp3) is 0.0400. The Morgan fingerprint density at radius 3 is 1.51 bits per heavy atom. The predicted octanol–water partition coefficient (Wildman–Crippen LogP) is 12.7. The van der Waals surface area contributed by atoms with Gasteiger partial charge in [0.05, 0.1) is 11.1 Å². The molecule has 8 aromatic rings. The molecule has 252 valence electrons. The summed E-state index contributed by atoms with van der Waals surface area (Å²) in [4.78, 5) is 2.28.